The van der Waals surface area contributed by atoms with Crippen molar-refractivity contribution in [1.82, 2.24) is 9.38 Å². The normalized spacial score (nSPS) is 11.1. The van der Waals surface area contributed by atoms with Gasteiger partial charge in [-0.3, -0.25) is 9.20 Å². The molecule has 8 nitrogen and oxygen atoms in total. The van der Waals surface area contributed by atoms with Crippen LogP contribution < -0.4 is 19.8 Å². The van der Waals surface area contributed by atoms with Crippen LogP contribution in [0.1, 0.15) is 26.5 Å². The van der Waals surface area contributed by atoms with Crippen LogP contribution in [-0.4, -0.2) is 41.8 Å². The van der Waals surface area contributed by atoms with E-state index in [2.05, 4.69) is 4.98 Å². The van der Waals surface area contributed by atoms with Gasteiger partial charge in [-0.05, 0) is 30.7 Å². The minimum Gasteiger partial charge on any atom is -0.493 e. The molecule has 0 amide bonds. The Morgan fingerprint density at radius 1 is 1.14 bits per heavy atom. The number of aromatic nitrogens is 2. The van der Waals surface area contributed by atoms with E-state index in [0.717, 1.165) is 16.9 Å². The molecule has 0 unspecified atom stereocenters. The molecule has 3 aromatic rings. The van der Waals surface area contributed by atoms with Crippen molar-refractivity contribution >= 4 is 34.4 Å². The predicted molar refractivity (Wildman–Crippen MR) is 106 cm³/mol. The topological polar surface area (TPSA) is 99.4 Å². The van der Waals surface area contributed by atoms with E-state index in [1.807, 2.05) is 0 Å². The van der Waals surface area contributed by atoms with Crippen molar-refractivity contribution in [2.45, 2.75) is 6.92 Å². The third kappa shape index (κ3) is 3.44. The van der Waals surface area contributed by atoms with Crippen molar-refractivity contribution in [2.24, 2.45) is 0 Å². The van der Waals surface area contributed by atoms with Crippen LogP contribution in [0.25, 0.3) is 17.1 Å². The van der Waals surface area contributed by atoms with Gasteiger partial charge in [-0.15, -0.1) is 0 Å². The maximum absolute atomic E-state index is 12.5. The van der Waals surface area contributed by atoms with Crippen molar-refractivity contribution in [3.8, 4) is 17.2 Å². The summed E-state index contributed by atoms with van der Waals surface area (Å²) in [4.78, 5) is 28.5. The van der Waals surface area contributed by atoms with E-state index in [9.17, 15) is 9.59 Å². The van der Waals surface area contributed by atoms with Crippen molar-refractivity contribution in [3.05, 3.63) is 50.4 Å². The molecule has 0 saturated carbocycles. The molecule has 146 valence electrons. The lowest BCUT2D eigenvalue weighted by atomic mass is 10.1. The van der Waals surface area contributed by atoms with Crippen LogP contribution in [0.4, 0.5) is 0 Å². The molecule has 9 heteroatoms. The van der Waals surface area contributed by atoms with E-state index < -0.39 is 5.97 Å². The Hall–Kier alpha value is -3.33. The van der Waals surface area contributed by atoms with Gasteiger partial charge in [0.2, 0.25) is 5.75 Å². The number of methoxy groups -OCH3 is 3. The highest BCUT2D eigenvalue weighted by Gasteiger charge is 2.15. The summed E-state index contributed by atoms with van der Waals surface area (Å²) in [7, 11) is 4.59. The maximum atomic E-state index is 12.5. The molecule has 0 aliphatic carbocycles. The quantitative estimate of drug-likeness (QED) is 0.677. The molecule has 0 aliphatic rings. The second-order valence-electron chi connectivity index (χ2n) is 5.77. The van der Waals surface area contributed by atoms with E-state index in [1.54, 1.807) is 31.2 Å². The highest BCUT2D eigenvalue weighted by atomic mass is 32.1. The molecule has 0 saturated heterocycles. The van der Waals surface area contributed by atoms with Crippen LogP contribution in [0.5, 0.6) is 17.2 Å². The lowest BCUT2D eigenvalue weighted by molar-refractivity contribution is 0.0701. The average Bonchev–Trinajstić information content (AvgIpc) is 3.13. The van der Waals surface area contributed by atoms with E-state index in [-0.39, 0.29) is 10.4 Å². The number of hydrogen-bond acceptors (Lipinski definition) is 7. The Morgan fingerprint density at radius 3 is 2.32 bits per heavy atom. The summed E-state index contributed by atoms with van der Waals surface area (Å²) in [6.07, 6.45) is 4.75. The van der Waals surface area contributed by atoms with Gasteiger partial charge in [-0.2, -0.15) is 0 Å². The summed E-state index contributed by atoms with van der Waals surface area (Å²) in [5.41, 5.74) is 1.32. The van der Waals surface area contributed by atoms with Crippen molar-refractivity contribution in [1.29, 1.82) is 0 Å². The fourth-order valence-electron chi connectivity index (χ4n) is 2.68. The molecule has 2 heterocycles. The SMILES string of the molecule is COc1cc(C=Cc2nc3sc(C(=O)O)cn3c(=O)c2C)cc(OC)c1OC. The van der Waals surface area contributed by atoms with Crippen LogP contribution >= 0.6 is 11.3 Å². The van der Waals surface area contributed by atoms with Gasteiger partial charge in [0.15, 0.2) is 16.5 Å². The molecule has 0 aliphatic heterocycles. The molecule has 2 aromatic heterocycles. The predicted octanol–water partition coefficient (Wildman–Crippen LogP) is 2.96. The van der Waals surface area contributed by atoms with Gasteiger partial charge in [-0.25, -0.2) is 9.78 Å². The summed E-state index contributed by atoms with van der Waals surface area (Å²) >= 11 is 0.943. The van der Waals surface area contributed by atoms with Crippen LogP contribution in [-0.2, 0) is 0 Å². The minimum atomic E-state index is -1.10. The zero-order chi connectivity index (χ0) is 20.4. The van der Waals surface area contributed by atoms with Gasteiger partial charge in [0, 0.05) is 11.8 Å². The third-order valence-electron chi connectivity index (χ3n) is 4.13. The van der Waals surface area contributed by atoms with E-state index in [4.69, 9.17) is 19.3 Å². The number of fused-ring (bicyclic) bond motifs is 1. The minimum absolute atomic E-state index is 0.0507. The van der Waals surface area contributed by atoms with Crippen LogP contribution in [0, 0.1) is 6.92 Å². The fourth-order valence-corrected chi connectivity index (χ4v) is 3.50. The first-order valence-electron chi connectivity index (χ1n) is 8.13. The summed E-state index contributed by atoms with van der Waals surface area (Å²) in [5.74, 6) is 0.398. The second kappa shape index (κ2) is 7.73. The standard InChI is InChI=1S/C19H18N2O6S/c1-10-12(20-19-21(17(10)22)9-15(28-19)18(23)24)6-5-11-7-13(25-2)16(27-4)14(8-11)26-3/h5-9H,1-4H3,(H,23,24). The van der Waals surface area contributed by atoms with Gasteiger partial charge in [0.1, 0.15) is 4.88 Å². The van der Waals surface area contributed by atoms with Gasteiger partial charge < -0.3 is 19.3 Å². The first-order chi connectivity index (χ1) is 13.4. The zero-order valence-electron chi connectivity index (χ0n) is 15.7. The number of carboxylic acid groups (broad SMARTS) is 1. The molecule has 3 rings (SSSR count). The summed E-state index contributed by atoms with van der Waals surface area (Å²) in [6.45, 7) is 1.65. The van der Waals surface area contributed by atoms with E-state index in [1.165, 1.54) is 31.9 Å². The molecule has 0 radical (unpaired) electrons. The average molecular weight is 402 g/mol. The van der Waals surface area contributed by atoms with Crippen LogP contribution in [0.3, 0.4) is 0 Å². The number of benzene rings is 1. The smallest absolute Gasteiger partial charge is 0.347 e. The third-order valence-corrected chi connectivity index (χ3v) is 5.10. The Bertz CT molecular complexity index is 1120. The van der Waals surface area contributed by atoms with Crippen molar-refractivity contribution in [2.75, 3.05) is 21.3 Å². The summed E-state index contributed by atoms with van der Waals surface area (Å²) in [5, 5.41) is 9.13. The van der Waals surface area contributed by atoms with E-state index in [0.29, 0.717) is 33.5 Å². The molecule has 0 spiro atoms. The number of nitrogens with zero attached hydrogens (tertiary/aromatic N) is 2. The number of carbonyl (C=O) groups is 1. The molecular formula is C19H18N2O6S. The van der Waals surface area contributed by atoms with Crippen molar-refractivity contribution < 1.29 is 24.1 Å². The fraction of sp³-hybridized carbons (Fsp3) is 0.211. The summed E-state index contributed by atoms with van der Waals surface area (Å²) in [6, 6.07) is 3.54. The largest absolute Gasteiger partial charge is 0.493 e. The summed E-state index contributed by atoms with van der Waals surface area (Å²) < 4.78 is 17.2. The molecule has 1 aromatic carbocycles. The number of thiazole rings is 1. The van der Waals surface area contributed by atoms with Crippen molar-refractivity contribution in [3.63, 3.8) is 0 Å². The van der Waals surface area contributed by atoms with Crippen LogP contribution in [0.2, 0.25) is 0 Å². The number of ether oxygens (including phenoxy) is 3. The first kappa shape index (κ1) is 19.4. The van der Waals surface area contributed by atoms with Gasteiger partial charge in [0.25, 0.3) is 5.56 Å². The first-order valence-corrected chi connectivity index (χ1v) is 8.95. The monoisotopic (exact) mass is 402 g/mol. The lowest BCUT2D eigenvalue weighted by Crippen LogP contribution is -2.17. The number of aromatic carboxylic acids is 1. The van der Waals surface area contributed by atoms with E-state index >= 15 is 0 Å². The Labute approximate surface area is 164 Å². The molecule has 28 heavy (non-hydrogen) atoms. The Morgan fingerprint density at radius 2 is 1.79 bits per heavy atom. The lowest BCUT2D eigenvalue weighted by Gasteiger charge is -2.12. The molecular weight excluding hydrogens is 384 g/mol. The number of carboxylic acids is 1. The molecule has 0 atom stereocenters. The number of hydrogen-bond donors (Lipinski definition) is 1. The van der Waals surface area contributed by atoms with Gasteiger partial charge >= 0.3 is 5.97 Å². The highest BCUT2D eigenvalue weighted by molar-refractivity contribution is 7.18. The zero-order valence-corrected chi connectivity index (χ0v) is 16.5. The van der Waals surface area contributed by atoms with Gasteiger partial charge in [0.05, 0.1) is 27.0 Å². The number of rotatable bonds is 6. The Balaban J connectivity index is 2.07. The van der Waals surface area contributed by atoms with Crippen LogP contribution in [0.15, 0.2) is 23.1 Å². The second-order valence-corrected chi connectivity index (χ2v) is 6.78. The Kier molecular flexibility index (Phi) is 5.36. The maximum Gasteiger partial charge on any atom is 0.347 e. The molecule has 0 fully saturated rings. The molecule has 1 N–H and O–H groups in total. The van der Waals surface area contributed by atoms with Gasteiger partial charge in [-0.1, -0.05) is 17.4 Å². The highest BCUT2D eigenvalue weighted by Crippen LogP contribution is 2.38. The molecule has 0 bridgehead atoms.